The number of allylic oxidation sites excluding steroid dienone is 1. The van der Waals surface area contributed by atoms with Crippen LogP contribution in [0.3, 0.4) is 0 Å². The number of nitrogens with zero attached hydrogens (tertiary/aromatic N) is 5. The van der Waals surface area contributed by atoms with Crippen LogP contribution in [0.4, 0.5) is 15.9 Å². The van der Waals surface area contributed by atoms with E-state index in [9.17, 15) is 9.18 Å². The first-order valence-corrected chi connectivity index (χ1v) is 12.6. The lowest BCUT2D eigenvalue weighted by molar-refractivity contribution is 0.214. The third-order valence-corrected chi connectivity index (χ3v) is 7.13. The van der Waals surface area contributed by atoms with E-state index in [0.717, 1.165) is 24.9 Å². The summed E-state index contributed by atoms with van der Waals surface area (Å²) in [6.45, 7) is 7.04. The van der Waals surface area contributed by atoms with Gasteiger partial charge in [0, 0.05) is 30.2 Å². The molecule has 3 heterocycles. The SMILES string of the molecule is C=CCn1c(=O)c2cnc(Nc3ccc4c(c3)CCC(N(C)C)C4)cc2n1-c1ccnc(C(C)(C)F)c1. The highest BCUT2D eigenvalue weighted by atomic mass is 19.1. The molecule has 1 aromatic carbocycles. The molecule has 0 saturated heterocycles. The second kappa shape index (κ2) is 9.59. The summed E-state index contributed by atoms with van der Waals surface area (Å²) in [4.78, 5) is 24.3. The summed E-state index contributed by atoms with van der Waals surface area (Å²) in [5.74, 6) is 0.624. The van der Waals surface area contributed by atoms with Gasteiger partial charge in [-0.3, -0.25) is 9.78 Å². The molecule has 0 aliphatic heterocycles. The lowest BCUT2D eigenvalue weighted by atomic mass is 9.87. The zero-order valence-electron chi connectivity index (χ0n) is 21.8. The quantitative estimate of drug-likeness (QED) is 0.356. The predicted molar refractivity (Wildman–Crippen MR) is 147 cm³/mol. The number of likely N-dealkylation sites (N-methyl/N-ethyl adjacent to an activating group) is 1. The van der Waals surface area contributed by atoms with Gasteiger partial charge in [0.1, 0.15) is 11.5 Å². The van der Waals surface area contributed by atoms with E-state index in [2.05, 4.69) is 59.1 Å². The Morgan fingerprint density at radius 2 is 2.00 bits per heavy atom. The average molecular weight is 501 g/mol. The van der Waals surface area contributed by atoms with Gasteiger partial charge in [0.05, 0.1) is 28.8 Å². The number of aromatic nitrogens is 4. The van der Waals surface area contributed by atoms with Crippen molar-refractivity contribution in [3.8, 4) is 5.69 Å². The highest BCUT2D eigenvalue weighted by molar-refractivity contribution is 5.83. The van der Waals surface area contributed by atoms with Gasteiger partial charge >= 0.3 is 0 Å². The lowest BCUT2D eigenvalue weighted by Gasteiger charge is -2.30. The molecule has 1 N–H and O–H groups in total. The molecular weight excluding hydrogens is 467 g/mol. The largest absolute Gasteiger partial charge is 0.340 e. The average Bonchev–Trinajstić information content (AvgIpc) is 3.14. The molecule has 8 heteroatoms. The van der Waals surface area contributed by atoms with Crippen molar-refractivity contribution in [2.45, 2.75) is 51.4 Å². The topological polar surface area (TPSA) is 68.0 Å². The van der Waals surface area contributed by atoms with Crippen LogP contribution in [-0.4, -0.2) is 44.4 Å². The van der Waals surface area contributed by atoms with E-state index < -0.39 is 5.67 Å². The summed E-state index contributed by atoms with van der Waals surface area (Å²) in [5, 5.41) is 3.89. The Kier molecular flexibility index (Phi) is 6.45. The van der Waals surface area contributed by atoms with Gasteiger partial charge < -0.3 is 10.2 Å². The third kappa shape index (κ3) is 4.81. The van der Waals surface area contributed by atoms with Gasteiger partial charge in [-0.15, -0.1) is 6.58 Å². The molecule has 0 radical (unpaired) electrons. The van der Waals surface area contributed by atoms with Crippen LogP contribution >= 0.6 is 0 Å². The zero-order chi connectivity index (χ0) is 26.3. The molecule has 0 saturated carbocycles. The van der Waals surface area contributed by atoms with E-state index in [4.69, 9.17) is 0 Å². The summed E-state index contributed by atoms with van der Waals surface area (Å²) < 4.78 is 18.1. The second-order valence-corrected chi connectivity index (χ2v) is 10.4. The van der Waals surface area contributed by atoms with Gasteiger partial charge in [-0.2, -0.15) is 0 Å². The Balaban J connectivity index is 1.55. The maximum atomic E-state index is 14.7. The molecule has 1 atom stereocenters. The van der Waals surface area contributed by atoms with Gasteiger partial charge in [0.15, 0.2) is 0 Å². The van der Waals surface area contributed by atoms with Crippen molar-refractivity contribution in [1.82, 2.24) is 24.2 Å². The van der Waals surface area contributed by atoms with Crippen LogP contribution in [0, 0.1) is 0 Å². The standard InChI is InChI=1S/C29H33FN6O/c1-6-13-35-28(37)24-18-32-27(17-25(24)36(35)23-11-12-31-26(16-23)29(2,3)30)33-21-9-7-20-15-22(34(4)5)10-8-19(20)14-21/h6-7,9,11-12,14,16-18,22H,1,8,10,13,15H2,2-5H3,(H,32,33). The molecule has 0 bridgehead atoms. The van der Waals surface area contributed by atoms with E-state index >= 15 is 0 Å². The number of benzene rings is 1. The molecule has 4 aromatic rings. The minimum atomic E-state index is -1.62. The Labute approximate surface area is 216 Å². The van der Waals surface area contributed by atoms with Gasteiger partial charge in [-0.1, -0.05) is 12.1 Å². The molecule has 192 valence electrons. The summed E-state index contributed by atoms with van der Waals surface area (Å²) in [5.41, 5.74) is 3.51. The van der Waals surface area contributed by atoms with E-state index in [1.54, 1.807) is 40.0 Å². The number of nitrogens with one attached hydrogen (secondary N) is 1. The summed E-state index contributed by atoms with van der Waals surface area (Å²) in [6.07, 6.45) is 8.06. The number of hydrogen-bond acceptors (Lipinski definition) is 5. The fourth-order valence-corrected chi connectivity index (χ4v) is 5.06. The number of pyridine rings is 2. The fraction of sp³-hybridized carbons (Fsp3) is 0.345. The fourth-order valence-electron chi connectivity index (χ4n) is 5.06. The van der Waals surface area contributed by atoms with Crippen molar-refractivity contribution in [2.24, 2.45) is 0 Å². The summed E-state index contributed by atoms with van der Waals surface area (Å²) >= 11 is 0. The van der Waals surface area contributed by atoms with Gasteiger partial charge in [0.25, 0.3) is 5.56 Å². The highest BCUT2D eigenvalue weighted by Gasteiger charge is 2.23. The van der Waals surface area contributed by atoms with E-state index in [1.165, 1.54) is 25.0 Å². The van der Waals surface area contributed by atoms with Crippen molar-refractivity contribution >= 4 is 22.4 Å². The Bertz CT molecular complexity index is 1530. The van der Waals surface area contributed by atoms with E-state index in [0.29, 0.717) is 40.7 Å². The van der Waals surface area contributed by atoms with Gasteiger partial charge in [-0.05, 0) is 82.6 Å². The Morgan fingerprint density at radius 1 is 1.19 bits per heavy atom. The third-order valence-electron chi connectivity index (χ3n) is 7.13. The minimum absolute atomic E-state index is 0.184. The maximum Gasteiger partial charge on any atom is 0.276 e. The number of hydrogen-bond donors (Lipinski definition) is 1. The van der Waals surface area contributed by atoms with Crippen molar-refractivity contribution in [1.29, 1.82) is 0 Å². The van der Waals surface area contributed by atoms with Crippen molar-refractivity contribution in [3.63, 3.8) is 0 Å². The van der Waals surface area contributed by atoms with Crippen LogP contribution in [0.5, 0.6) is 0 Å². The minimum Gasteiger partial charge on any atom is -0.340 e. The highest BCUT2D eigenvalue weighted by Crippen LogP contribution is 2.29. The molecule has 1 aliphatic rings. The van der Waals surface area contributed by atoms with E-state index in [1.807, 2.05) is 6.07 Å². The van der Waals surface area contributed by atoms with Crippen molar-refractivity contribution in [2.75, 3.05) is 19.4 Å². The van der Waals surface area contributed by atoms with Crippen molar-refractivity contribution in [3.05, 3.63) is 88.6 Å². The molecule has 7 nitrogen and oxygen atoms in total. The predicted octanol–water partition coefficient (Wildman–Crippen LogP) is 5.14. The first-order valence-electron chi connectivity index (χ1n) is 12.6. The lowest BCUT2D eigenvalue weighted by Crippen LogP contribution is -2.33. The van der Waals surface area contributed by atoms with Crippen LogP contribution < -0.4 is 10.9 Å². The zero-order valence-corrected chi connectivity index (χ0v) is 21.8. The van der Waals surface area contributed by atoms with Crippen LogP contribution in [0.1, 0.15) is 37.1 Å². The van der Waals surface area contributed by atoms with Crippen LogP contribution in [0.15, 0.2) is 66.2 Å². The molecule has 1 unspecified atom stereocenters. The number of halogens is 1. The smallest absolute Gasteiger partial charge is 0.276 e. The first-order chi connectivity index (χ1) is 17.7. The normalized spacial score (nSPS) is 15.7. The van der Waals surface area contributed by atoms with Gasteiger partial charge in [0.2, 0.25) is 0 Å². The molecule has 1 aliphatic carbocycles. The van der Waals surface area contributed by atoms with Gasteiger partial charge in [-0.25, -0.2) is 18.7 Å². The number of anilines is 2. The van der Waals surface area contributed by atoms with Crippen molar-refractivity contribution < 1.29 is 4.39 Å². The second-order valence-electron chi connectivity index (χ2n) is 10.4. The maximum absolute atomic E-state index is 14.7. The number of fused-ring (bicyclic) bond motifs is 2. The Morgan fingerprint density at radius 3 is 2.73 bits per heavy atom. The van der Waals surface area contributed by atoms with E-state index in [-0.39, 0.29) is 5.56 Å². The monoisotopic (exact) mass is 500 g/mol. The molecular formula is C29H33FN6O. The molecule has 0 spiro atoms. The molecule has 5 rings (SSSR count). The number of alkyl halides is 1. The first kappa shape index (κ1) is 24.9. The van der Waals surface area contributed by atoms with Crippen LogP contribution in [0.25, 0.3) is 16.6 Å². The Hall–Kier alpha value is -3.78. The molecule has 37 heavy (non-hydrogen) atoms. The molecule has 0 fully saturated rings. The molecule has 3 aromatic heterocycles. The number of aryl methyl sites for hydroxylation is 1. The summed E-state index contributed by atoms with van der Waals surface area (Å²) in [7, 11) is 4.28. The summed E-state index contributed by atoms with van der Waals surface area (Å²) in [6, 6.07) is 12.3. The number of rotatable bonds is 7. The van der Waals surface area contributed by atoms with Crippen LogP contribution in [0.2, 0.25) is 0 Å². The van der Waals surface area contributed by atoms with Crippen LogP contribution in [-0.2, 0) is 25.1 Å². The molecule has 0 amide bonds.